The zero-order valence-corrected chi connectivity index (χ0v) is 10.7. The van der Waals surface area contributed by atoms with Crippen molar-refractivity contribution in [1.29, 1.82) is 0 Å². The minimum atomic E-state index is 0.611. The number of hydrogen-bond acceptors (Lipinski definition) is 2. The van der Waals surface area contributed by atoms with Gasteiger partial charge in [-0.15, -0.1) is 0 Å². The molecule has 1 heterocycles. The van der Waals surface area contributed by atoms with Crippen LogP contribution in [0.2, 0.25) is 5.02 Å². The molecule has 0 amide bonds. The van der Waals surface area contributed by atoms with Gasteiger partial charge in [0.1, 0.15) is 0 Å². The predicted molar refractivity (Wildman–Crippen MR) is 70.5 cm³/mol. The highest BCUT2D eigenvalue weighted by Gasteiger charge is 2.24. The SMILES string of the molecule is CNCCC1CCc2cccc(Cl)c2N1C. The van der Waals surface area contributed by atoms with Crippen LogP contribution < -0.4 is 10.2 Å². The lowest BCUT2D eigenvalue weighted by atomic mass is 9.94. The zero-order valence-electron chi connectivity index (χ0n) is 9.96. The van der Waals surface area contributed by atoms with Crippen molar-refractivity contribution >= 4 is 17.3 Å². The van der Waals surface area contributed by atoms with Crippen molar-refractivity contribution in [2.75, 3.05) is 25.5 Å². The summed E-state index contributed by atoms with van der Waals surface area (Å²) in [4.78, 5) is 2.35. The molecule has 0 saturated carbocycles. The number of benzene rings is 1. The van der Waals surface area contributed by atoms with Crippen molar-refractivity contribution in [2.24, 2.45) is 0 Å². The molecular formula is C13H19ClN2. The van der Waals surface area contributed by atoms with Gasteiger partial charge >= 0.3 is 0 Å². The van der Waals surface area contributed by atoms with Gasteiger partial charge in [-0.1, -0.05) is 23.7 Å². The van der Waals surface area contributed by atoms with Crippen molar-refractivity contribution in [3.05, 3.63) is 28.8 Å². The van der Waals surface area contributed by atoms with Crippen molar-refractivity contribution in [3.8, 4) is 0 Å². The summed E-state index contributed by atoms with van der Waals surface area (Å²) in [5, 5.41) is 4.10. The fourth-order valence-electron chi connectivity index (χ4n) is 2.50. The first-order chi connectivity index (χ1) is 7.74. The van der Waals surface area contributed by atoms with Crippen molar-refractivity contribution < 1.29 is 0 Å². The minimum absolute atomic E-state index is 0.611. The lowest BCUT2D eigenvalue weighted by Gasteiger charge is -2.36. The maximum absolute atomic E-state index is 6.28. The van der Waals surface area contributed by atoms with Crippen LogP contribution in [-0.2, 0) is 6.42 Å². The first-order valence-corrected chi connectivity index (χ1v) is 6.26. The number of para-hydroxylation sites is 1. The van der Waals surface area contributed by atoms with Gasteiger partial charge in [-0.2, -0.15) is 0 Å². The number of nitrogens with one attached hydrogen (secondary N) is 1. The molecule has 0 bridgehead atoms. The summed E-state index contributed by atoms with van der Waals surface area (Å²) < 4.78 is 0. The number of fused-ring (bicyclic) bond motifs is 1. The normalized spacial score (nSPS) is 19.7. The summed E-state index contributed by atoms with van der Waals surface area (Å²) in [6.07, 6.45) is 3.55. The fourth-order valence-corrected chi connectivity index (χ4v) is 2.83. The summed E-state index contributed by atoms with van der Waals surface area (Å²) in [7, 11) is 4.16. The van der Waals surface area contributed by atoms with E-state index in [1.807, 2.05) is 19.2 Å². The molecule has 1 aromatic carbocycles. The summed E-state index contributed by atoms with van der Waals surface area (Å²) >= 11 is 6.28. The Bertz CT molecular complexity index is 365. The van der Waals surface area contributed by atoms with E-state index < -0.39 is 0 Å². The van der Waals surface area contributed by atoms with Crippen LogP contribution in [0.5, 0.6) is 0 Å². The molecule has 1 aromatic rings. The molecule has 2 rings (SSSR count). The van der Waals surface area contributed by atoms with Crippen LogP contribution in [0.1, 0.15) is 18.4 Å². The Labute approximate surface area is 103 Å². The molecule has 16 heavy (non-hydrogen) atoms. The highest BCUT2D eigenvalue weighted by molar-refractivity contribution is 6.33. The molecule has 1 N–H and O–H groups in total. The Hall–Kier alpha value is -0.730. The third kappa shape index (κ3) is 2.18. The third-order valence-electron chi connectivity index (χ3n) is 3.45. The molecule has 1 aliphatic rings. The highest BCUT2D eigenvalue weighted by Crippen LogP contribution is 2.36. The Balaban J connectivity index is 2.20. The Morgan fingerprint density at radius 3 is 3.06 bits per heavy atom. The second kappa shape index (κ2) is 5.07. The smallest absolute Gasteiger partial charge is 0.0642 e. The molecule has 1 unspecified atom stereocenters. The molecule has 0 aliphatic carbocycles. The summed E-state index contributed by atoms with van der Waals surface area (Å²) in [5.41, 5.74) is 2.62. The Morgan fingerprint density at radius 1 is 1.50 bits per heavy atom. The van der Waals surface area contributed by atoms with Gasteiger partial charge in [-0.3, -0.25) is 0 Å². The number of aryl methyl sites for hydroxylation is 1. The molecule has 0 spiro atoms. The summed E-state index contributed by atoms with van der Waals surface area (Å²) in [5.74, 6) is 0. The van der Waals surface area contributed by atoms with Crippen LogP contribution in [0.15, 0.2) is 18.2 Å². The van der Waals surface area contributed by atoms with Crippen LogP contribution in [0.25, 0.3) is 0 Å². The van der Waals surface area contributed by atoms with E-state index in [-0.39, 0.29) is 0 Å². The van der Waals surface area contributed by atoms with Crippen LogP contribution >= 0.6 is 11.6 Å². The van der Waals surface area contributed by atoms with E-state index in [2.05, 4.69) is 23.3 Å². The number of hydrogen-bond donors (Lipinski definition) is 1. The molecule has 0 fully saturated rings. The monoisotopic (exact) mass is 238 g/mol. The molecule has 1 atom stereocenters. The zero-order chi connectivity index (χ0) is 11.5. The van der Waals surface area contributed by atoms with Crippen LogP contribution in [-0.4, -0.2) is 26.7 Å². The summed E-state index contributed by atoms with van der Waals surface area (Å²) in [6, 6.07) is 6.83. The van der Waals surface area contributed by atoms with Gasteiger partial charge in [0.15, 0.2) is 0 Å². The number of nitrogens with zero attached hydrogens (tertiary/aromatic N) is 1. The van der Waals surface area contributed by atoms with Crippen molar-refractivity contribution in [1.82, 2.24) is 5.32 Å². The third-order valence-corrected chi connectivity index (χ3v) is 3.75. The van der Waals surface area contributed by atoms with E-state index in [9.17, 15) is 0 Å². The Morgan fingerprint density at radius 2 is 2.31 bits per heavy atom. The van der Waals surface area contributed by atoms with Gasteiger partial charge in [0.05, 0.1) is 10.7 Å². The van der Waals surface area contributed by atoms with Crippen LogP contribution in [0, 0.1) is 0 Å². The Kier molecular flexibility index (Phi) is 3.72. The van der Waals surface area contributed by atoms with E-state index in [4.69, 9.17) is 11.6 Å². The molecule has 88 valence electrons. The second-order valence-corrected chi connectivity index (χ2v) is 4.85. The van der Waals surface area contributed by atoms with E-state index in [1.54, 1.807) is 0 Å². The average molecular weight is 239 g/mol. The average Bonchev–Trinajstić information content (AvgIpc) is 2.28. The predicted octanol–water partition coefficient (Wildman–Crippen LogP) is 2.70. The van der Waals surface area contributed by atoms with Gasteiger partial charge in [0.2, 0.25) is 0 Å². The number of anilines is 1. The van der Waals surface area contributed by atoms with Gasteiger partial charge in [-0.05, 0) is 44.5 Å². The van der Waals surface area contributed by atoms with Crippen molar-refractivity contribution in [3.63, 3.8) is 0 Å². The number of halogens is 1. The molecule has 0 saturated heterocycles. The van der Waals surface area contributed by atoms with Crippen molar-refractivity contribution in [2.45, 2.75) is 25.3 Å². The lowest BCUT2D eigenvalue weighted by Crippen LogP contribution is -2.38. The molecule has 2 nitrogen and oxygen atoms in total. The highest BCUT2D eigenvalue weighted by atomic mass is 35.5. The van der Waals surface area contributed by atoms with Gasteiger partial charge in [0, 0.05) is 13.1 Å². The van der Waals surface area contributed by atoms with E-state index in [0.29, 0.717) is 6.04 Å². The van der Waals surface area contributed by atoms with Gasteiger partial charge < -0.3 is 10.2 Å². The quantitative estimate of drug-likeness (QED) is 0.871. The van der Waals surface area contributed by atoms with E-state index in [1.165, 1.54) is 24.1 Å². The molecule has 0 radical (unpaired) electrons. The topological polar surface area (TPSA) is 15.3 Å². The number of rotatable bonds is 3. The standard InChI is InChI=1S/C13H19ClN2/c1-15-9-8-11-7-6-10-4-3-5-12(14)13(10)16(11)2/h3-5,11,15H,6-9H2,1-2H3. The second-order valence-electron chi connectivity index (χ2n) is 4.44. The van der Waals surface area contributed by atoms with Gasteiger partial charge in [0.25, 0.3) is 0 Å². The minimum Gasteiger partial charge on any atom is -0.370 e. The fraction of sp³-hybridized carbons (Fsp3) is 0.538. The van der Waals surface area contributed by atoms with Crippen LogP contribution in [0.4, 0.5) is 5.69 Å². The van der Waals surface area contributed by atoms with Crippen LogP contribution in [0.3, 0.4) is 0 Å². The van der Waals surface area contributed by atoms with E-state index in [0.717, 1.165) is 18.0 Å². The molecular weight excluding hydrogens is 220 g/mol. The largest absolute Gasteiger partial charge is 0.370 e. The summed E-state index contributed by atoms with van der Waals surface area (Å²) in [6.45, 7) is 1.06. The lowest BCUT2D eigenvalue weighted by molar-refractivity contribution is 0.510. The van der Waals surface area contributed by atoms with E-state index >= 15 is 0 Å². The maximum atomic E-state index is 6.28. The first-order valence-electron chi connectivity index (χ1n) is 5.89. The molecule has 0 aromatic heterocycles. The van der Waals surface area contributed by atoms with Gasteiger partial charge in [-0.25, -0.2) is 0 Å². The molecule has 3 heteroatoms. The maximum Gasteiger partial charge on any atom is 0.0642 e. The first kappa shape index (κ1) is 11.7. The molecule has 1 aliphatic heterocycles.